The number of aldehydes is 1. The highest BCUT2D eigenvalue weighted by Crippen LogP contribution is 2.47. The number of rotatable bonds is 23. The van der Waals surface area contributed by atoms with E-state index < -0.39 is 30.5 Å². The molecule has 3 aromatic carbocycles. The lowest BCUT2D eigenvalue weighted by atomic mass is 9.85. The van der Waals surface area contributed by atoms with E-state index in [2.05, 4.69) is 15.3 Å². The number of nitrogen functional groups attached to an aromatic ring is 1. The van der Waals surface area contributed by atoms with Crippen molar-refractivity contribution in [2.45, 2.75) is 84.0 Å². The van der Waals surface area contributed by atoms with Gasteiger partial charge in [0.25, 0.3) is 11.4 Å². The number of nitro benzene ring substituents is 2. The summed E-state index contributed by atoms with van der Waals surface area (Å²) in [5, 5.41) is 37.5. The first kappa shape index (κ1) is 50.4. The van der Waals surface area contributed by atoms with Gasteiger partial charge in [-0.05, 0) is 94.4 Å². The number of nitrogens with one attached hydrogen (secondary N) is 1. The first-order valence-electron chi connectivity index (χ1n) is 19.3. The molecule has 0 aromatic heterocycles. The molecule has 4 N–H and O–H groups in total. The second-order valence-corrected chi connectivity index (χ2v) is 15.0. The average molecular weight is 844 g/mol. The maximum atomic E-state index is 12.3. The molecule has 1 saturated heterocycles. The SMILES string of the molecule is CCOP(=O)(COCCCC(NB(C)O)c1cccc(N)c1)OCC.O=Cc1cccc([N+](=O)[O-])c1.[N-]=[N+]=NC(CCCOC1CCCCO1)c1cccc([N+](=O)[O-])c1. The van der Waals surface area contributed by atoms with Gasteiger partial charge >= 0.3 is 14.6 Å². The summed E-state index contributed by atoms with van der Waals surface area (Å²) in [7, 11) is -3.80. The van der Waals surface area contributed by atoms with Crippen molar-refractivity contribution in [3.8, 4) is 0 Å². The van der Waals surface area contributed by atoms with E-state index in [0.29, 0.717) is 62.4 Å². The summed E-state index contributed by atoms with van der Waals surface area (Å²) in [6, 6.07) is 18.8. The molecule has 0 spiro atoms. The number of hydrogen-bond acceptors (Lipinski definition) is 15. The first-order valence-corrected chi connectivity index (χ1v) is 21.0. The molecule has 1 aliphatic rings. The lowest BCUT2D eigenvalue weighted by Gasteiger charge is -2.22. The number of nitrogens with zero attached hydrogens (tertiary/aromatic N) is 5. The minimum Gasteiger partial charge on any atom is -0.437 e. The van der Waals surface area contributed by atoms with Crippen LogP contribution in [0.15, 0.2) is 77.9 Å². The fourth-order valence-electron chi connectivity index (χ4n) is 5.73. The molecule has 4 rings (SSSR count). The van der Waals surface area contributed by atoms with E-state index in [4.69, 9.17) is 34.5 Å². The molecule has 3 aromatic rings. The Morgan fingerprint density at radius 3 is 2.24 bits per heavy atom. The number of hydrogen-bond donors (Lipinski definition) is 3. The van der Waals surface area contributed by atoms with Gasteiger partial charge in [0.15, 0.2) is 6.29 Å². The van der Waals surface area contributed by atoms with Crippen molar-refractivity contribution >= 4 is 38.0 Å². The van der Waals surface area contributed by atoms with Gasteiger partial charge in [0.05, 0.1) is 29.1 Å². The molecule has 21 heteroatoms. The van der Waals surface area contributed by atoms with Crippen molar-refractivity contribution in [3.05, 3.63) is 120 Å². The Morgan fingerprint density at radius 2 is 1.64 bits per heavy atom. The summed E-state index contributed by atoms with van der Waals surface area (Å²) < 4.78 is 39.3. The quantitative estimate of drug-likeness (QED) is 0.00769. The van der Waals surface area contributed by atoms with Crippen LogP contribution in [0.2, 0.25) is 6.82 Å². The molecule has 0 aliphatic carbocycles. The van der Waals surface area contributed by atoms with Gasteiger partial charge in [-0.2, -0.15) is 0 Å². The number of azide groups is 1. The van der Waals surface area contributed by atoms with Gasteiger partial charge in [0.2, 0.25) is 0 Å². The Morgan fingerprint density at radius 1 is 1.00 bits per heavy atom. The highest BCUT2D eigenvalue weighted by atomic mass is 31.2. The van der Waals surface area contributed by atoms with Crippen molar-refractivity contribution in [2.24, 2.45) is 5.11 Å². The number of benzene rings is 3. The van der Waals surface area contributed by atoms with Crippen LogP contribution in [0.1, 0.15) is 92.4 Å². The zero-order valence-electron chi connectivity index (χ0n) is 33.7. The molecule has 1 fully saturated rings. The third-order valence-corrected chi connectivity index (χ3v) is 10.2. The maximum absolute atomic E-state index is 12.3. The fourth-order valence-corrected chi connectivity index (χ4v) is 7.09. The number of nitrogens with two attached hydrogens (primary N) is 1. The summed E-state index contributed by atoms with van der Waals surface area (Å²) in [6.45, 7) is 7.51. The summed E-state index contributed by atoms with van der Waals surface area (Å²) in [5.41, 5.74) is 17.1. The van der Waals surface area contributed by atoms with Crippen molar-refractivity contribution in [3.63, 3.8) is 0 Å². The minimum absolute atomic E-state index is 0.00695. The molecule has 19 nitrogen and oxygen atoms in total. The third-order valence-electron chi connectivity index (χ3n) is 8.38. The van der Waals surface area contributed by atoms with E-state index in [0.717, 1.165) is 44.3 Å². The molecule has 3 unspecified atom stereocenters. The summed E-state index contributed by atoms with van der Waals surface area (Å²) in [4.78, 5) is 33.0. The number of non-ortho nitro benzene ring substituents is 2. The average Bonchev–Trinajstić information content (AvgIpc) is 3.22. The van der Waals surface area contributed by atoms with Crippen LogP contribution in [0.25, 0.3) is 10.4 Å². The summed E-state index contributed by atoms with van der Waals surface area (Å²) >= 11 is 0. The van der Waals surface area contributed by atoms with Crippen LogP contribution >= 0.6 is 7.60 Å². The standard InChI is InChI=1S/C16H30BN2O5P.C15H20N4O4.C7H5NO3/c1-4-23-25(21,24-5-2)13-22-11-7-10-16(19-17(3)20)14-8-6-9-15(18)12-14;16-18-17-14(12-5-3-6-13(11-12)19(20)21)7-4-10-23-15-8-1-2-9-22-15;9-5-6-2-1-3-7(4-6)8(10)11/h6,8-9,12,16,19-20H,4-5,7,10-11,13,18H2,1-3H3;3,5-6,11,14-15H,1-2,4,7-10H2;1-5H. The molecule has 0 radical (unpaired) electrons. The Bertz CT molecular complexity index is 1810. The zero-order chi connectivity index (χ0) is 43.5. The smallest absolute Gasteiger partial charge is 0.374 e. The van der Waals surface area contributed by atoms with Crippen LogP contribution in [-0.4, -0.2) is 73.9 Å². The lowest BCUT2D eigenvalue weighted by molar-refractivity contribution is -0.385. The summed E-state index contributed by atoms with van der Waals surface area (Å²) in [6.07, 6.45) is 6.19. The second-order valence-electron chi connectivity index (χ2n) is 13.0. The van der Waals surface area contributed by atoms with E-state index in [1.54, 1.807) is 32.8 Å². The number of carbonyl (C=O) groups excluding carboxylic acids is 1. The Labute approximate surface area is 344 Å². The predicted molar refractivity (Wildman–Crippen MR) is 224 cm³/mol. The second kappa shape index (κ2) is 28.6. The van der Waals surface area contributed by atoms with Crippen LogP contribution in [-0.2, 0) is 27.8 Å². The van der Waals surface area contributed by atoms with Crippen molar-refractivity contribution in [1.29, 1.82) is 0 Å². The molecule has 59 heavy (non-hydrogen) atoms. The fraction of sp³-hybridized carbons (Fsp3) is 0.500. The Hall–Kier alpha value is -4.75. The molecule has 0 bridgehead atoms. The molecular formula is C38H55BN7O12P. The number of carbonyl (C=O) groups is 1. The number of anilines is 1. The first-order chi connectivity index (χ1) is 28.3. The molecular weight excluding hydrogens is 788 g/mol. The largest absolute Gasteiger partial charge is 0.437 e. The van der Waals surface area contributed by atoms with Crippen molar-refractivity contribution in [1.82, 2.24) is 5.23 Å². The molecule has 322 valence electrons. The highest BCUT2D eigenvalue weighted by Gasteiger charge is 2.24. The summed E-state index contributed by atoms with van der Waals surface area (Å²) in [5.74, 6) is 0. The van der Waals surface area contributed by atoms with Gasteiger partial charge < -0.3 is 39.2 Å². The van der Waals surface area contributed by atoms with Gasteiger partial charge in [-0.25, -0.2) is 0 Å². The monoisotopic (exact) mass is 843 g/mol. The van der Waals surface area contributed by atoms with E-state index >= 15 is 0 Å². The van der Waals surface area contributed by atoms with E-state index in [9.17, 15) is 34.6 Å². The van der Waals surface area contributed by atoms with Crippen molar-refractivity contribution < 1.29 is 47.5 Å². The van der Waals surface area contributed by atoms with Gasteiger partial charge in [0, 0.05) is 66.3 Å². The molecule has 1 aliphatic heterocycles. The van der Waals surface area contributed by atoms with Crippen LogP contribution in [0.5, 0.6) is 0 Å². The van der Waals surface area contributed by atoms with Crippen LogP contribution in [0.4, 0.5) is 17.1 Å². The van der Waals surface area contributed by atoms with Crippen molar-refractivity contribution in [2.75, 3.05) is 45.1 Å². The van der Waals surface area contributed by atoms with E-state index in [-0.39, 0.29) is 30.1 Å². The van der Waals surface area contributed by atoms with Gasteiger partial charge in [-0.3, -0.25) is 29.6 Å². The van der Waals surface area contributed by atoms with Crippen LogP contribution < -0.4 is 11.0 Å². The topological polar surface area (TPSA) is 274 Å². The molecule has 1 heterocycles. The minimum atomic E-state index is -3.16. The predicted octanol–water partition coefficient (Wildman–Crippen LogP) is 8.71. The zero-order valence-corrected chi connectivity index (χ0v) is 34.6. The Balaban J connectivity index is 0.000000326. The van der Waals surface area contributed by atoms with E-state index in [1.165, 1.54) is 36.4 Å². The molecule has 3 atom stereocenters. The Kier molecular flexibility index (Phi) is 24.5. The normalized spacial score (nSPS) is 14.5. The lowest BCUT2D eigenvalue weighted by Crippen LogP contribution is -2.34. The highest BCUT2D eigenvalue weighted by molar-refractivity contribution is 7.53. The molecule has 0 amide bonds. The van der Waals surface area contributed by atoms with Crippen LogP contribution in [0.3, 0.4) is 0 Å². The van der Waals surface area contributed by atoms with Gasteiger partial charge in [0.1, 0.15) is 12.6 Å². The van der Waals surface area contributed by atoms with E-state index in [1.807, 2.05) is 24.3 Å². The number of ether oxygens (including phenoxy) is 3. The van der Waals surface area contributed by atoms with Crippen LogP contribution in [0, 0.1) is 20.2 Å². The molecule has 0 saturated carbocycles. The number of nitro groups is 2. The van der Waals surface area contributed by atoms with Gasteiger partial charge in [-0.15, -0.1) is 0 Å². The third kappa shape index (κ3) is 20.7. The maximum Gasteiger partial charge on any atom is 0.374 e. The van der Waals surface area contributed by atoms with Gasteiger partial charge in [-0.1, -0.05) is 41.5 Å².